The van der Waals surface area contributed by atoms with Crippen LogP contribution in [0, 0.1) is 0 Å². The van der Waals surface area contributed by atoms with Crippen molar-refractivity contribution in [1.29, 1.82) is 0 Å². The van der Waals surface area contributed by atoms with Gasteiger partial charge in [-0.2, -0.15) is 0 Å². The number of carbonyl (C=O) groups is 3. The normalized spacial score (nSPS) is 9.72. The number of rotatable bonds is 3. The Bertz CT molecular complexity index is 513. The monoisotopic (exact) mass is 251 g/mol. The van der Waals surface area contributed by atoms with Gasteiger partial charge in [0.25, 0.3) is 0 Å². The number of carbonyl (C=O) groups excluding carboxylic acids is 2. The van der Waals surface area contributed by atoms with Crippen molar-refractivity contribution in [3.8, 4) is 0 Å². The summed E-state index contributed by atoms with van der Waals surface area (Å²) in [5, 5.41) is 12.1. The van der Waals surface area contributed by atoms with E-state index in [2.05, 4.69) is 5.32 Å². The average Bonchev–Trinajstić information content (AvgIpc) is 2.26. The van der Waals surface area contributed by atoms with Crippen LogP contribution in [0.5, 0.6) is 0 Å². The van der Waals surface area contributed by atoms with Crippen molar-refractivity contribution in [2.24, 2.45) is 5.84 Å². The Morgan fingerprint density at radius 2 is 1.89 bits per heavy atom. The molecule has 96 valence electrons. The minimum absolute atomic E-state index is 0.0144. The van der Waals surface area contributed by atoms with E-state index in [1.54, 1.807) is 0 Å². The number of amides is 2. The average molecular weight is 251 g/mol. The maximum atomic E-state index is 11.2. The fourth-order valence-corrected chi connectivity index (χ4v) is 1.34. The highest BCUT2D eigenvalue weighted by Crippen LogP contribution is 2.25. The van der Waals surface area contributed by atoms with E-state index < -0.39 is 17.8 Å². The molecule has 0 saturated carbocycles. The molecule has 0 aliphatic heterocycles. The summed E-state index contributed by atoms with van der Waals surface area (Å²) in [6.07, 6.45) is 0. The molecule has 7 nitrogen and oxygen atoms in total. The van der Waals surface area contributed by atoms with Crippen molar-refractivity contribution in [2.45, 2.75) is 13.8 Å². The van der Waals surface area contributed by atoms with Crippen molar-refractivity contribution in [2.75, 3.05) is 10.3 Å². The van der Waals surface area contributed by atoms with Crippen LogP contribution in [0.4, 0.5) is 11.4 Å². The predicted octanol–water partition coefficient (Wildman–Crippen LogP) is 0.570. The van der Waals surface area contributed by atoms with Gasteiger partial charge in [-0.15, -0.1) is 0 Å². The molecule has 1 aromatic carbocycles. The van der Waals surface area contributed by atoms with Gasteiger partial charge in [0, 0.05) is 13.8 Å². The molecule has 0 heterocycles. The molecule has 0 atom stereocenters. The lowest BCUT2D eigenvalue weighted by molar-refractivity contribution is -0.117. The smallest absolute Gasteiger partial charge is 0.335 e. The maximum Gasteiger partial charge on any atom is 0.335 e. The highest BCUT2D eigenvalue weighted by molar-refractivity contribution is 6.01. The van der Waals surface area contributed by atoms with E-state index in [1.807, 2.05) is 0 Å². The van der Waals surface area contributed by atoms with Gasteiger partial charge in [-0.3, -0.25) is 9.59 Å². The Kier molecular flexibility index (Phi) is 4.01. The second-order valence-electron chi connectivity index (χ2n) is 3.61. The van der Waals surface area contributed by atoms with Crippen LogP contribution in [0.15, 0.2) is 18.2 Å². The van der Waals surface area contributed by atoms with Crippen molar-refractivity contribution >= 4 is 29.2 Å². The highest BCUT2D eigenvalue weighted by atomic mass is 16.4. The van der Waals surface area contributed by atoms with Crippen molar-refractivity contribution < 1.29 is 19.5 Å². The number of nitrogens with zero attached hydrogens (tertiary/aromatic N) is 1. The molecule has 0 bridgehead atoms. The molecule has 0 aliphatic rings. The lowest BCUT2D eigenvalue weighted by atomic mass is 10.1. The molecule has 1 rings (SSSR count). The first-order chi connectivity index (χ1) is 8.32. The van der Waals surface area contributed by atoms with Crippen LogP contribution in [0.25, 0.3) is 0 Å². The lowest BCUT2D eigenvalue weighted by Gasteiger charge is -2.18. The van der Waals surface area contributed by atoms with Gasteiger partial charge in [0.1, 0.15) is 0 Å². The Balaban J connectivity index is 3.28. The van der Waals surface area contributed by atoms with Gasteiger partial charge in [0.15, 0.2) is 0 Å². The highest BCUT2D eigenvalue weighted by Gasteiger charge is 2.15. The summed E-state index contributed by atoms with van der Waals surface area (Å²) >= 11 is 0. The van der Waals surface area contributed by atoms with Gasteiger partial charge in [0.2, 0.25) is 11.8 Å². The molecule has 0 radical (unpaired) electrons. The van der Waals surface area contributed by atoms with E-state index in [1.165, 1.54) is 32.0 Å². The molecule has 4 N–H and O–H groups in total. The Hall–Kier alpha value is -2.41. The number of hydrazine groups is 1. The van der Waals surface area contributed by atoms with E-state index in [0.717, 1.165) is 5.01 Å². The number of hydrogen-bond acceptors (Lipinski definition) is 4. The minimum Gasteiger partial charge on any atom is -0.478 e. The molecule has 18 heavy (non-hydrogen) atoms. The lowest BCUT2D eigenvalue weighted by Crippen LogP contribution is -2.36. The first-order valence-electron chi connectivity index (χ1n) is 5.03. The number of aromatic carboxylic acids is 1. The molecule has 0 fully saturated rings. The number of carboxylic acid groups (broad SMARTS) is 1. The SMILES string of the molecule is CC(=O)Nc1cc(C(=O)O)ccc1N(N)C(C)=O. The Labute approximate surface area is 103 Å². The second kappa shape index (κ2) is 5.28. The molecular weight excluding hydrogens is 238 g/mol. The summed E-state index contributed by atoms with van der Waals surface area (Å²) in [5.41, 5.74) is 0.377. The summed E-state index contributed by atoms with van der Waals surface area (Å²) in [6.45, 7) is 2.52. The van der Waals surface area contributed by atoms with Crippen LogP contribution < -0.4 is 16.2 Å². The number of anilines is 2. The van der Waals surface area contributed by atoms with Gasteiger partial charge in [-0.05, 0) is 18.2 Å². The third kappa shape index (κ3) is 3.05. The van der Waals surface area contributed by atoms with Gasteiger partial charge in [-0.25, -0.2) is 15.6 Å². The summed E-state index contributed by atoms with van der Waals surface area (Å²) < 4.78 is 0. The van der Waals surface area contributed by atoms with E-state index in [9.17, 15) is 14.4 Å². The zero-order valence-corrected chi connectivity index (χ0v) is 9.93. The van der Waals surface area contributed by atoms with Crippen molar-refractivity contribution in [3.63, 3.8) is 0 Å². The van der Waals surface area contributed by atoms with Crippen LogP contribution in [-0.2, 0) is 9.59 Å². The zero-order valence-electron chi connectivity index (χ0n) is 9.93. The fourth-order valence-electron chi connectivity index (χ4n) is 1.34. The molecule has 2 amide bonds. The molecular formula is C11H13N3O4. The number of nitrogens with one attached hydrogen (secondary N) is 1. The van der Waals surface area contributed by atoms with E-state index in [-0.39, 0.29) is 16.9 Å². The van der Waals surface area contributed by atoms with Crippen molar-refractivity contribution in [1.82, 2.24) is 0 Å². The Morgan fingerprint density at radius 3 is 2.33 bits per heavy atom. The van der Waals surface area contributed by atoms with Crippen LogP contribution in [0.1, 0.15) is 24.2 Å². The van der Waals surface area contributed by atoms with Gasteiger partial charge >= 0.3 is 5.97 Å². The largest absolute Gasteiger partial charge is 0.478 e. The minimum atomic E-state index is -1.14. The third-order valence-electron chi connectivity index (χ3n) is 2.15. The molecule has 0 aromatic heterocycles. The molecule has 1 aromatic rings. The number of nitrogens with two attached hydrogens (primary N) is 1. The molecule has 0 saturated heterocycles. The van der Waals surface area contributed by atoms with Gasteiger partial charge in [-0.1, -0.05) is 0 Å². The zero-order chi connectivity index (χ0) is 13.9. The second-order valence-corrected chi connectivity index (χ2v) is 3.61. The van der Waals surface area contributed by atoms with Gasteiger partial charge < -0.3 is 10.4 Å². The van der Waals surface area contributed by atoms with E-state index >= 15 is 0 Å². The van der Waals surface area contributed by atoms with E-state index in [4.69, 9.17) is 10.9 Å². The summed E-state index contributed by atoms with van der Waals surface area (Å²) in [6, 6.07) is 3.89. The van der Waals surface area contributed by atoms with Crippen molar-refractivity contribution in [3.05, 3.63) is 23.8 Å². The standard InChI is InChI=1S/C11H13N3O4/c1-6(15)13-9-5-8(11(17)18)3-4-10(9)14(12)7(2)16/h3-5H,12H2,1-2H3,(H,13,15)(H,17,18). The van der Waals surface area contributed by atoms with E-state index in [0.29, 0.717) is 0 Å². The topological polar surface area (TPSA) is 113 Å². The Morgan fingerprint density at radius 1 is 1.28 bits per heavy atom. The summed E-state index contributed by atoms with van der Waals surface area (Å²) in [5.74, 6) is 3.55. The number of benzene rings is 1. The summed E-state index contributed by atoms with van der Waals surface area (Å²) in [7, 11) is 0. The number of hydrogen-bond donors (Lipinski definition) is 3. The third-order valence-corrected chi connectivity index (χ3v) is 2.15. The summed E-state index contributed by atoms with van der Waals surface area (Å²) in [4.78, 5) is 33.0. The first-order valence-corrected chi connectivity index (χ1v) is 5.03. The fraction of sp³-hybridized carbons (Fsp3) is 0.182. The molecule has 0 spiro atoms. The van der Waals surface area contributed by atoms with Crippen LogP contribution in [0.3, 0.4) is 0 Å². The predicted molar refractivity (Wildman–Crippen MR) is 65.1 cm³/mol. The molecule has 0 unspecified atom stereocenters. The first kappa shape index (κ1) is 13.7. The van der Waals surface area contributed by atoms with Crippen LogP contribution in [-0.4, -0.2) is 22.9 Å². The van der Waals surface area contributed by atoms with Crippen LogP contribution >= 0.6 is 0 Å². The molecule has 7 heteroatoms. The number of carboxylic acids is 1. The maximum absolute atomic E-state index is 11.2. The van der Waals surface area contributed by atoms with Crippen LogP contribution in [0.2, 0.25) is 0 Å². The van der Waals surface area contributed by atoms with Gasteiger partial charge in [0.05, 0.1) is 16.9 Å². The molecule has 0 aliphatic carbocycles. The quantitative estimate of drug-likeness (QED) is 0.413.